The molecule has 0 amide bonds. The molecule has 0 radical (unpaired) electrons. The van der Waals surface area contributed by atoms with E-state index >= 15 is 0 Å². The van der Waals surface area contributed by atoms with Crippen LogP contribution in [0.4, 0.5) is 0 Å². The molecule has 2 aliphatic rings. The van der Waals surface area contributed by atoms with Gasteiger partial charge < -0.3 is 1.43 Å². The average Bonchev–Trinajstić information content (AvgIpc) is 3.48. The van der Waals surface area contributed by atoms with E-state index in [0.717, 1.165) is 12.8 Å². The van der Waals surface area contributed by atoms with Crippen molar-refractivity contribution in [1.82, 2.24) is 0 Å². The number of alkyl halides is 2. The van der Waals surface area contributed by atoms with Crippen LogP contribution in [0.3, 0.4) is 0 Å². The third-order valence-corrected chi connectivity index (χ3v) is 11.0. The Balaban J connectivity index is 0.000000335. The molecule has 0 N–H and O–H groups in total. The molecule has 50 heavy (non-hydrogen) atoms. The van der Waals surface area contributed by atoms with E-state index < -0.39 is 0 Å². The Morgan fingerprint density at radius 3 is 0.920 bits per heavy atom. The summed E-state index contributed by atoms with van der Waals surface area (Å²) in [5, 5.41) is 0. The van der Waals surface area contributed by atoms with Gasteiger partial charge in [0.15, 0.2) is 17.4 Å². The average molecular weight is 720 g/mol. The van der Waals surface area contributed by atoms with Crippen LogP contribution >= 0.6 is 23.2 Å². The monoisotopic (exact) mass is 718 g/mol. The molecular formula is C46H62AlCl2Li. The first-order chi connectivity index (χ1) is 22.0. The number of hydrogen-bond acceptors (Lipinski definition) is 0. The number of fused-ring (bicyclic) bond motifs is 6. The first-order valence-corrected chi connectivity index (χ1v) is 18.8. The van der Waals surface area contributed by atoms with Gasteiger partial charge in [0, 0.05) is 11.8 Å². The molecule has 4 aromatic carbocycles. The van der Waals surface area contributed by atoms with Crippen LogP contribution in [-0.2, 0) is 46.3 Å². The number of halogens is 2. The van der Waals surface area contributed by atoms with Gasteiger partial charge in [0.2, 0.25) is 0 Å². The molecule has 0 aliphatic heterocycles. The Morgan fingerprint density at radius 2 is 0.680 bits per heavy atom. The quantitative estimate of drug-likeness (QED) is 0.124. The molecule has 264 valence electrons. The van der Waals surface area contributed by atoms with Gasteiger partial charge in [0.05, 0.1) is 0 Å². The Kier molecular flexibility index (Phi) is 13.0. The summed E-state index contributed by atoms with van der Waals surface area (Å²) in [6.45, 7) is 32.0. The summed E-state index contributed by atoms with van der Waals surface area (Å²) < 4.78 is 0. The van der Waals surface area contributed by atoms with Crippen molar-refractivity contribution in [2.24, 2.45) is 0 Å². The molecule has 0 fully saturated rings. The molecule has 4 heteroatoms. The summed E-state index contributed by atoms with van der Waals surface area (Å²) in [4.78, 5) is 0. The Labute approximate surface area is 339 Å². The van der Waals surface area contributed by atoms with Crippen LogP contribution < -0.4 is 18.9 Å². The minimum atomic E-state index is 0. The predicted molar refractivity (Wildman–Crippen MR) is 224 cm³/mol. The summed E-state index contributed by atoms with van der Waals surface area (Å²) in [6, 6.07) is 19.2. The van der Waals surface area contributed by atoms with E-state index in [1.54, 1.807) is 0 Å². The third-order valence-electron chi connectivity index (χ3n) is 10.4. The van der Waals surface area contributed by atoms with Crippen LogP contribution in [0.15, 0.2) is 48.5 Å². The molecule has 0 aromatic heterocycles. The molecule has 4 aromatic rings. The molecule has 0 spiro atoms. The first-order valence-electron chi connectivity index (χ1n) is 17.8. The zero-order valence-electron chi connectivity index (χ0n) is 34.2. The van der Waals surface area contributed by atoms with Gasteiger partial charge in [-0.25, -0.2) is 0 Å². The van der Waals surface area contributed by atoms with E-state index in [-0.39, 0.29) is 59.3 Å². The van der Waals surface area contributed by atoms with Crippen molar-refractivity contribution in [2.75, 3.05) is 0 Å². The van der Waals surface area contributed by atoms with E-state index in [2.05, 4.69) is 145 Å². The van der Waals surface area contributed by atoms with Crippen LogP contribution in [-0.4, -0.2) is 17.4 Å². The summed E-state index contributed by atoms with van der Waals surface area (Å²) in [5.41, 5.74) is 23.0. The zero-order valence-corrected chi connectivity index (χ0v) is 34.7. The second-order valence-corrected chi connectivity index (χ2v) is 19.1. The second kappa shape index (κ2) is 15.1. The van der Waals surface area contributed by atoms with Gasteiger partial charge in [-0.2, -0.15) is 0 Å². The first kappa shape index (κ1) is 43.0. The van der Waals surface area contributed by atoms with Crippen molar-refractivity contribution in [1.29, 1.82) is 0 Å². The van der Waals surface area contributed by atoms with Crippen molar-refractivity contribution in [3.63, 3.8) is 0 Å². The number of rotatable bonds is 2. The van der Waals surface area contributed by atoms with Crippen LogP contribution in [0.5, 0.6) is 0 Å². The van der Waals surface area contributed by atoms with Crippen molar-refractivity contribution >= 4 is 40.6 Å². The SMILES string of the molecule is CC(C)(C)c1cc2c(cc1CCl)Cc1cc(CCl)c(C(C)(C)C)cc1-2.Cc1cc2c(cc1C(C)(C)C)-c1cc(C(C)(C)C)c(C)cc1C2.[AlH3].[H-].[Li+]. The molecule has 0 nitrogen and oxygen atoms in total. The van der Waals surface area contributed by atoms with Gasteiger partial charge in [-0.05, 0) is 137 Å². The van der Waals surface area contributed by atoms with E-state index in [9.17, 15) is 0 Å². The summed E-state index contributed by atoms with van der Waals surface area (Å²) in [6.07, 6.45) is 2.06. The molecule has 0 unspecified atom stereocenters. The molecule has 0 saturated heterocycles. The van der Waals surface area contributed by atoms with E-state index in [4.69, 9.17) is 23.2 Å². The molecule has 0 heterocycles. The smallest absolute Gasteiger partial charge is 1.00 e. The van der Waals surface area contributed by atoms with Crippen molar-refractivity contribution in [3.05, 3.63) is 115 Å². The van der Waals surface area contributed by atoms with Crippen molar-refractivity contribution < 1.29 is 20.3 Å². The second-order valence-electron chi connectivity index (χ2n) is 18.6. The minimum absolute atomic E-state index is 0. The van der Waals surface area contributed by atoms with Crippen LogP contribution in [0.1, 0.15) is 151 Å². The van der Waals surface area contributed by atoms with Gasteiger partial charge in [0.25, 0.3) is 0 Å². The summed E-state index contributed by atoms with van der Waals surface area (Å²) >= 11 is 12.5. The fourth-order valence-electron chi connectivity index (χ4n) is 8.16. The maximum atomic E-state index is 6.27. The van der Waals surface area contributed by atoms with Gasteiger partial charge in [-0.15, -0.1) is 23.2 Å². The predicted octanol–water partition coefficient (Wildman–Crippen LogP) is 9.73. The maximum absolute atomic E-state index is 6.27. The fourth-order valence-corrected chi connectivity index (χ4v) is 8.60. The number of aryl methyl sites for hydroxylation is 2. The van der Waals surface area contributed by atoms with E-state index in [0.29, 0.717) is 11.8 Å². The normalized spacial score (nSPS) is 13.3. The van der Waals surface area contributed by atoms with Crippen LogP contribution in [0, 0.1) is 13.8 Å². The minimum Gasteiger partial charge on any atom is -1.00 e. The standard InChI is InChI=1S/C23H28Cl2.C23H30.Al.Li.4H/c1-22(2,3)20-10-18-14(8-16(20)12-24)7-15-9-17(13-25)21(11-19(15)18)23(4,5)6;1-14-9-16-11-17-10-15(2)21(23(6,7)8)13-19(17)18(16)12-20(14)22(3,4)5;;;;;;/h8-11H,7,12-13H2,1-6H3;9-10,12-13H,11H2,1-8H3;;;;;;/q;;;+1;;;;-1. The largest absolute Gasteiger partial charge is 1.00 e. The van der Waals surface area contributed by atoms with Crippen LogP contribution in [0.2, 0.25) is 0 Å². The van der Waals surface area contributed by atoms with E-state index in [1.165, 1.54) is 89.0 Å². The van der Waals surface area contributed by atoms with Crippen LogP contribution in [0.25, 0.3) is 22.3 Å². The maximum Gasteiger partial charge on any atom is 1.00 e. The summed E-state index contributed by atoms with van der Waals surface area (Å²) in [7, 11) is 0. The van der Waals surface area contributed by atoms with Crippen molar-refractivity contribution in [2.45, 2.75) is 143 Å². The zero-order chi connectivity index (χ0) is 35.7. The summed E-state index contributed by atoms with van der Waals surface area (Å²) in [5.74, 6) is 1.13. The number of hydrogen-bond donors (Lipinski definition) is 0. The van der Waals surface area contributed by atoms with Gasteiger partial charge in [0.1, 0.15) is 0 Å². The van der Waals surface area contributed by atoms with Gasteiger partial charge in [-0.1, -0.05) is 132 Å². The van der Waals surface area contributed by atoms with E-state index in [1.807, 2.05) is 0 Å². The van der Waals surface area contributed by atoms with Gasteiger partial charge in [-0.3, -0.25) is 0 Å². The molecule has 0 atom stereocenters. The fraction of sp³-hybridized carbons (Fsp3) is 0.478. The Hall–Kier alpha value is -1.41. The number of benzene rings is 4. The van der Waals surface area contributed by atoms with Gasteiger partial charge >= 0.3 is 18.9 Å². The topological polar surface area (TPSA) is 0 Å². The third kappa shape index (κ3) is 8.52. The molecule has 0 bridgehead atoms. The Morgan fingerprint density at radius 1 is 0.440 bits per heavy atom. The van der Waals surface area contributed by atoms with Crippen molar-refractivity contribution in [3.8, 4) is 22.3 Å². The Bertz CT molecular complexity index is 1760. The molecule has 2 aliphatic carbocycles. The molecular weight excluding hydrogens is 657 g/mol. The molecule has 6 rings (SSSR count). The molecule has 0 saturated carbocycles.